The van der Waals surface area contributed by atoms with E-state index in [1.54, 1.807) is 14.2 Å². The van der Waals surface area contributed by atoms with Crippen molar-refractivity contribution in [3.8, 4) is 11.5 Å². The number of ether oxygens (including phenoxy) is 3. The molecule has 0 aliphatic heterocycles. The fourth-order valence-electron chi connectivity index (χ4n) is 2.04. The highest BCUT2D eigenvalue weighted by Crippen LogP contribution is 2.16. The Morgan fingerprint density at radius 3 is 2.25 bits per heavy atom. The fourth-order valence-corrected chi connectivity index (χ4v) is 2.04. The van der Waals surface area contributed by atoms with Crippen molar-refractivity contribution in [2.45, 2.75) is 26.2 Å². The van der Waals surface area contributed by atoms with Crippen LogP contribution in [0.25, 0.3) is 0 Å². The van der Waals surface area contributed by atoms with E-state index in [1.807, 2.05) is 31.2 Å². The van der Waals surface area contributed by atoms with Crippen LogP contribution in [-0.4, -0.2) is 53.0 Å². The predicted molar refractivity (Wildman–Crippen MR) is 98.2 cm³/mol. The van der Waals surface area contributed by atoms with E-state index in [-0.39, 0.29) is 0 Å². The average Bonchev–Trinajstić information content (AvgIpc) is 2.63. The summed E-state index contributed by atoms with van der Waals surface area (Å²) < 4.78 is 16.1. The molecule has 0 fully saturated rings. The smallest absolute Gasteiger partial charge is 0.190 e. The highest BCUT2D eigenvalue weighted by molar-refractivity contribution is 5.79. The van der Waals surface area contributed by atoms with Crippen molar-refractivity contribution in [1.82, 2.24) is 10.6 Å². The van der Waals surface area contributed by atoms with E-state index in [0.29, 0.717) is 6.61 Å². The number of hydrogen-bond acceptors (Lipinski definition) is 4. The zero-order chi connectivity index (χ0) is 17.5. The van der Waals surface area contributed by atoms with Crippen LogP contribution < -0.4 is 20.1 Å². The second-order valence-electron chi connectivity index (χ2n) is 5.21. The summed E-state index contributed by atoms with van der Waals surface area (Å²) in [7, 11) is 3.44. The number of hydrogen-bond donors (Lipinski definition) is 2. The van der Waals surface area contributed by atoms with Gasteiger partial charge in [-0.3, -0.25) is 4.99 Å². The Morgan fingerprint density at radius 1 is 0.958 bits per heavy atom. The number of unbranched alkanes of at least 4 members (excludes halogenated alkanes) is 1. The van der Waals surface area contributed by atoms with Gasteiger partial charge in [0.05, 0.1) is 13.7 Å². The maximum absolute atomic E-state index is 5.69. The zero-order valence-corrected chi connectivity index (χ0v) is 15.1. The average molecular weight is 337 g/mol. The van der Waals surface area contributed by atoms with Gasteiger partial charge in [-0.05, 0) is 50.5 Å². The molecule has 0 aliphatic rings. The minimum absolute atomic E-state index is 0.657. The molecular weight excluding hydrogens is 306 g/mol. The lowest BCUT2D eigenvalue weighted by molar-refractivity contribution is 0.143. The molecule has 0 atom stereocenters. The lowest BCUT2D eigenvalue weighted by Gasteiger charge is -2.12. The van der Waals surface area contributed by atoms with E-state index in [0.717, 1.165) is 63.0 Å². The molecule has 0 bridgehead atoms. The van der Waals surface area contributed by atoms with Gasteiger partial charge in [-0.1, -0.05) is 0 Å². The van der Waals surface area contributed by atoms with Gasteiger partial charge >= 0.3 is 0 Å². The first-order valence-corrected chi connectivity index (χ1v) is 8.59. The molecule has 1 rings (SSSR count). The first-order chi connectivity index (χ1) is 11.8. The maximum Gasteiger partial charge on any atom is 0.190 e. The zero-order valence-electron chi connectivity index (χ0n) is 15.1. The van der Waals surface area contributed by atoms with Gasteiger partial charge < -0.3 is 24.8 Å². The minimum atomic E-state index is 0.657. The van der Waals surface area contributed by atoms with E-state index >= 15 is 0 Å². The predicted octanol–water partition coefficient (Wildman–Crippen LogP) is 2.45. The number of nitrogens with zero attached hydrogens (tertiary/aromatic N) is 1. The van der Waals surface area contributed by atoms with Gasteiger partial charge in [0.15, 0.2) is 5.96 Å². The number of nitrogens with one attached hydrogen (secondary N) is 2. The molecule has 0 unspecified atom stereocenters. The Balaban J connectivity index is 2.05. The first-order valence-electron chi connectivity index (χ1n) is 8.59. The molecule has 0 amide bonds. The van der Waals surface area contributed by atoms with Gasteiger partial charge in [-0.15, -0.1) is 0 Å². The lowest BCUT2D eigenvalue weighted by Crippen LogP contribution is -2.38. The van der Waals surface area contributed by atoms with Crippen LogP contribution >= 0.6 is 0 Å². The topological polar surface area (TPSA) is 64.1 Å². The Bertz CT molecular complexity index is 449. The second kappa shape index (κ2) is 13.5. The third-order valence-corrected chi connectivity index (χ3v) is 3.38. The van der Waals surface area contributed by atoms with Gasteiger partial charge in [0.2, 0.25) is 0 Å². The van der Waals surface area contributed by atoms with Crippen molar-refractivity contribution in [2.75, 3.05) is 47.1 Å². The van der Waals surface area contributed by atoms with Crippen molar-refractivity contribution < 1.29 is 14.2 Å². The summed E-state index contributed by atoms with van der Waals surface area (Å²) in [6.45, 7) is 6.00. The molecule has 136 valence electrons. The van der Waals surface area contributed by atoms with Gasteiger partial charge in [-0.2, -0.15) is 0 Å². The number of guanidine groups is 1. The van der Waals surface area contributed by atoms with Gasteiger partial charge in [0.25, 0.3) is 0 Å². The summed E-state index contributed by atoms with van der Waals surface area (Å²) in [6, 6.07) is 7.61. The number of aliphatic imine (C=N–C) groups is 1. The molecule has 24 heavy (non-hydrogen) atoms. The van der Waals surface area contributed by atoms with Crippen LogP contribution in [0.1, 0.15) is 26.2 Å². The minimum Gasteiger partial charge on any atom is -0.497 e. The van der Waals surface area contributed by atoms with E-state index in [4.69, 9.17) is 14.2 Å². The van der Waals surface area contributed by atoms with Crippen molar-refractivity contribution in [1.29, 1.82) is 0 Å². The standard InChI is InChI=1S/C18H31N3O3/c1-4-23-14-6-5-12-20-18(19-2)21-13-7-15-24-17-10-8-16(22-3)9-11-17/h8-11H,4-7,12-15H2,1-3H3,(H2,19,20,21). The monoisotopic (exact) mass is 337 g/mol. The molecule has 0 heterocycles. The Labute approximate surface area is 145 Å². The van der Waals surface area contributed by atoms with E-state index in [2.05, 4.69) is 15.6 Å². The molecule has 0 aromatic heterocycles. The number of methoxy groups -OCH3 is 1. The lowest BCUT2D eigenvalue weighted by atomic mass is 10.3. The van der Waals surface area contributed by atoms with Gasteiger partial charge in [0.1, 0.15) is 11.5 Å². The Morgan fingerprint density at radius 2 is 1.62 bits per heavy atom. The summed E-state index contributed by atoms with van der Waals surface area (Å²) in [5, 5.41) is 6.58. The van der Waals surface area contributed by atoms with Crippen LogP contribution in [0.3, 0.4) is 0 Å². The SMILES string of the molecule is CCOCCCCNC(=NC)NCCCOc1ccc(OC)cc1. The normalized spacial score (nSPS) is 11.2. The molecule has 1 aromatic carbocycles. The largest absolute Gasteiger partial charge is 0.497 e. The van der Waals surface area contributed by atoms with E-state index in [1.165, 1.54) is 0 Å². The van der Waals surface area contributed by atoms with Gasteiger partial charge in [-0.25, -0.2) is 0 Å². The molecule has 0 spiro atoms. The van der Waals surface area contributed by atoms with E-state index < -0.39 is 0 Å². The molecule has 6 nitrogen and oxygen atoms in total. The van der Waals surface area contributed by atoms with Crippen molar-refractivity contribution in [3.05, 3.63) is 24.3 Å². The summed E-state index contributed by atoms with van der Waals surface area (Å²) in [5.74, 6) is 2.52. The summed E-state index contributed by atoms with van der Waals surface area (Å²) in [5.41, 5.74) is 0. The highest BCUT2D eigenvalue weighted by Gasteiger charge is 1.98. The van der Waals surface area contributed by atoms with Crippen LogP contribution in [0.15, 0.2) is 29.3 Å². The molecule has 0 saturated heterocycles. The van der Waals surface area contributed by atoms with Crippen molar-refractivity contribution >= 4 is 5.96 Å². The third-order valence-electron chi connectivity index (χ3n) is 3.38. The Kier molecular flexibility index (Phi) is 11.3. The maximum atomic E-state index is 5.69. The van der Waals surface area contributed by atoms with Crippen LogP contribution in [0, 0.1) is 0 Å². The molecule has 2 N–H and O–H groups in total. The van der Waals surface area contributed by atoms with E-state index in [9.17, 15) is 0 Å². The third kappa shape index (κ3) is 9.25. The number of benzene rings is 1. The quantitative estimate of drug-likeness (QED) is 0.348. The second-order valence-corrected chi connectivity index (χ2v) is 5.21. The highest BCUT2D eigenvalue weighted by atomic mass is 16.5. The molecular formula is C18H31N3O3. The van der Waals surface area contributed by atoms with Crippen LogP contribution in [0.4, 0.5) is 0 Å². The summed E-state index contributed by atoms with van der Waals surface area (Å²) >= 11 is 0. The summed E-state index contributed by atoms with van der Waals surface area (Å²) in [6.07, 6.45) is 3.03. The van der Waals surface area contributed by atoms with Crippen molar-refractivity contribution in [3.63, 3.8) is 0 Å². The number of rotatable bonds is 12. The molecule has 0 saturated carbocycles. The van der Waals surface area contributed by atoms with Gasteiger partial charge in [0, 0.05) is 33.4 Å². The fraction of sp³-hybridized carbons (Fsp3) is 0.611. The van der Waals surface area contributed by atoms with Crippen LogP contribution in [0.5, 0.6) is 11.5 Å². The van der Waals surface area contributed by atoms with Crippen molar-refractivity contribution in [2.24, 2.45) is 4.99 Å². The molecule has 0 radical (unpaired) electrons. The molecule has 1 aromatic rings. The molecule has 0 aliphatic carbocycles. The summed E-state index contributed by atoms with van der Waals surface area (Å²) in [4.78, 5) is 4.21. The Hall–Kier alpha value is -1.95. The molecule has 6 heteroatoms. The van der Waals surface area contributed by atoms with Crippen LogP contribution in [-0.2, 0) is 4.74 Å². The van der Waals surface area contributed by atoms with Crippen LogP contribution in [0.2, 0.25) is 0 Å². The first kappa shape index (κ1) is 20.1.